The van der Waals surface area contributed by atoms with Crippen LogP contribution in [-0.2, 0) is 14.3 Å². The zero-order valence-corrected chi connectivity index (χ0v) is 12.0. The molecule has 0 aliphatic heterocycles. The Morgan fingerprint density at radius 1 is 1.40 bits per heavy atom. The number of amides is 1. The second kappa shape index (κ2) is 6.02. The van der Waals surface area contributed by atoms with E-state index in [1.807, 2.05) is 11.4 Å². The van der Waals surface area contributed by atoms with Crippen molar-refractivity contribution in [2.75, 3.05) is 7.11 Å². The summed E-state index contributed by atoms with van der Waals surface area (Å²) in [5.41, 5.74) is 0. The van der Waals surface area contributed by atoms with E-state index in [2.05, 4.69) is 10.1 Å². The van der Waals surface area contributed by atoms with Crippen LogP contribution in [-0.4, -0.2) is 36.1 Å². The van der Waals surface area contributed by atoms with Crippen molar-refractivity contribution in [2.24, 2.45) is 0 Å². The SMILES string of the molecule is COC(=O)C[C@H](NC(=O)c1cc2sccc2s1)C(=O)O. The Bertz CT molecular complexity index is 631. The lowest BCUT2D eigenvalue weighted by Gasteiger charge is -2.12. The largest absolute Gasteiger partial charge is 0.480 e. The Kier molecular flexibility index (Phi) is 4.35. The third-order valence-electron chi connectivity index (χ3n) is 2.57. The van der Waals surface area contributed by atoms with Gasteiger partial charge in [-0.25, -0.2) is 4.79 Å². The van der Waals surface area contributed by atoms with Crippen molar-refractivity contribution in [1.29, 1.82) is 0 Å². The van der Waals surface area contributed by atoms with Gasteiger partial charge in [-0.3, -0.25) is 9.59 Å². The van der Waals surface area contributed by atoms with Crippen LogP contribution in [0.4, 0.5) is 0 Å². The molecule has 0 aromatic carbocycles. The summed E-state index contributed by atoms with van der Waals surface area (Å²) in [7, 11) is 1.16. The number of ether oxygens (including phenoxy) is 1. The molecule has 0 aliphatic carbocycles. The van der Waals surface area contributed by atoms with Gasteiger partial charge < -0.3 is 15.2 Å². The Hall–Kier alpha value is -1.93. The van der Waals surface area contributed by atoms with Gasteiger partial charge in [0, 0.05) is 9.40 Å². The number of aliphatic carboxylic acids is 1. The molecule has 0 saturated heterocycles. The van der Waals surface area contributed by atoms with Crippen molar-refractivity contribution in [3.05, 3.63) is 22.4 Å². The van der Waals surface area contributed by atoms with E-state index in [0.29, 0.717) is 4.88 Å². The van der Waals surface area contributed by atoms with Crippen LogP contribution in [0.15, 0.2) is 17.5 Å². The zero-order valence-electron chi connectivity index (χ0n) is 10.4. The van der Waals surface area contributed by atoms with Gasteiger partial charge in [0.25, 0.3) is 5.91 Å². The lowest BCUT2D eigenvalue weighted by atomic mass is 10.2. The van der Waals surface area contributed by atoms with Crippen LogP contribution >= 0.6 is 22.7 Å². The lowest BCUT2D eigenvalue weighted by molar-refractivity contribution is -0.147. The van der Waals surface area contributed by atoms with Crippen molar-refractivity contribution in [3.63, 3.8) is 0 Å². The number of methoxy groups -OCH3 is 1. The second-order valence-corrected chi connectivity index (χ2v) is 5.94. The molecule has 2 aromatic heterocycles. The third-order valence-corrected chi connectivity index (χ3v) is 4.66. The van der Waals surface area contributed by atoms with Gasteiger partial charge in [0.1, 0.15) is 6.04 Å². The number of esters is 1. The molecular formula is C12H11NO5S2. The van der Waals surface area contributed by atoms with E-state index in [1.54, 1.807) is 6.07 Å². The summed E-state index contributed by atoms with van der Waals surface area (Å²) in [6.07, 6.45) is -0.405. The van der Waals surface area contributed by atoms with Crippen LogP contribution in [0.25, 0.3) is 9.40 Å². The normalized spacial score (nSPS) is 12.1. The number of rotatable bonds is 5. The van der Waals surface area contributed by atoms with Crippen molar-refractivity contribution in [3.8, 4) is 0 Å². The maximum Gasteiger partial charge on any atom is 0.326 e. The number of hydrogen-bond donors (Lipinski definition) is 2. The summed E-state index contributed by atoms with van der Waals surface area (Å²) in [5.74, 6) is -2.47. The molecule has 0 fully saturated rings. The van der Waals surface area contributed by atoms with Crippen LogP contribution in [0.5, 0.6) is 0 Å². The van der Waals surface area contributed by atoms with Crippen LogP contribution in [0, 0.1) is 0 Å². The molecule has 6 nitrogen and oxygen atoms in total. The minimum atomic E-state index is -1.30. The monoisotopic (exact) mass is 313 g/mol. The van der Waals surface area contributed by atoms with Crippen LogP contribution in [0.1, 0.15) is 16.1 Å². The molecule has 106 valence electrons. The summed E-state index contributed by atoms with van der Waals surface area (Å²) in [6.45, 7) is 0. The fourth-order valence-corrected chi connectivity index (χ4v) is 3.57. The molecular weight excluding hydrogens is 302 g/mol. The van der Waals surface area contributed by atoms with Crippen molar-refractivity contribution < 1.29 is 24.2 Å². The minimum absolute atomic E-state index is 0.405. The number of thiophene rings is 2. The van der Waals surface area contributed by atoms with Gasteiger partial charge in [-0.05, 0) is 17.5 Å². The number of carboxylic acid groups (broad SMARTS) is 1. The molecule has 0 unspecified atom stereocenters. The first-order valence-electron chi connectivity index (χ1n) is 5.58. The van der Waals surface area contributed by atoms with Gasteiger partial charge in [0.2, 0.25) is 0 Å². The van der Waals surface area contributed by atoms with Gasteiger partial charge in [-0.2, -0.15) is 0 Å². The molecule has 1 atom stereocenters. The standard InChI is InChI=1S/C12H11NO5S2/c1-18-10(14)4-6(12(16)17)13-11(15)9-5-8-7(20-9)2-3-19-8/h2-3,5-6H,4H2,1H3,(H,13,15)(H,16,17)/t6-/m0/s1. The predicted molar refractivity (Wildman–Crippen MR) is 75.2 cm³/mol. The van der Waals surface area contributed by atoms with Gasteiger partial charge in [-0.1, -0.05) is 0 Å². The number of fused-ring (bicyclic) bond motifs is 1. The number of carboxylic acids is 1. The molecule has 0 radical (unpaired) electrons. The topological polar surface area (TPSA) is 92.7 Å². The van der Waals surface area contributed by atoms with E-state index in [1.165, 1.54) is 22.7 Å². The van der Waals surface area contributed by atoms with Gasteiger partial charge in [0.05, 0.1) is 18.4 Å². The highest BCUT2D eigenvalue weighted by Crippen LogP contribution is 2.29. The molecule has 0 bridgehead atoms. The first-order chi connectivity index (χ1) is 9.51. The first kappa shape index (κ1) is 14.5. The van der Waals surface area contributed by atoms with Crippen LogP contribution < -0.4 is 5.32 Å². The summed E-state index contributed by atoms with van der Waals surface area (Å²) in [6, 6.07) is 2.30. The number of carbonyl (C=O) groups is 3. The smallest absolute Gasteiger partial charge is 0.326 e. The number of hydrogen-bond acceptors (Lipinski definition) is 6. The van der Waals surface area contributed by atoms with Gasteiger partial charge >= 0.3 is 11.9 Å². The molecule has 2 N–H and O–H groups in total. The summed E-state index contributed by atoms with van der Waals surface area (Å²) < 4.78 is 6.35. The molecule has 0 spiro atoms. The van der Waals surface area contributed by atoms with E-state index in [9.17, 15) is 14.4 Å². The molecule has 0 aliphatic rings. The highest BCUT2D eigenvalue weighted by molar-refractivity contribution is 7.27. The Labute approximate surface area is 122 Å². The van der Waals surface area contributed by atoms with Gasteiger partial charge in [-0.15, -0.1) is 22.7 Å². The predicted octanol–water partition coefficient (Wildman–Crippen LogP) is 1.71. The Balaban J connectivity index is 2.09. The fourth-order valence-electron chi connectivity index (χ4n) is 1.56. The van der Waals surface area contributed by atoms with Crippen LogP contribution in [0.2, 0.25) is 0 Å². The molecule has 2 aromatic rings. The summed E-state index contributed by atoms with van der Waals surface area (Å²) in [4.78, 5) is 34.5. The van der Waals surface area contributed by atoms with Crippen molar-refractivity contribution in [2.45, 2.75) is 12.5 Å². The van der Waals surface area contributed by atoms with Gasteiger partial charge in [0.15, 0.2) is 0 Å². The average Bonchev–Trinajstić information content (AvgIpc) is 2.97. The highest BCUT2D eigenvalue weighted by Gasteiger charge is 2.25. The minimum Gasteiger partial charge on any atom is -0.480 e. The Morgan fingerprint density at radius 2 is 2.15 bits per heavy atom. The van der Waals surface area contributed by atoms with E-state index in [0.717, 1.165) is 16.5 Å². The molecule has 20 heavy (non-hydrogen) atoms. The van der Waals surface area contributed by atoms with E-state index in [4.69, 9.17) is 5.11 Å². The fraction of sp³-hybridized carbons (Fsp3) is 0.250. The lowest BCUT2D eigenvalue weighted by Crippen LogP contribution is -2.42. The number of carbonyl (C=O) groups excluding carboxylic acids is 2. The van der Waals surface area contributed by atoms with E-state index < -0.39 is 30.3 Å². The van der Waals surface area contributed by atoms with Crippen LogP contribution in [0.3, 0.4) is 0 Å². The molecule has 0 saturated carbocycles. The highest BCUT2D eigenvalue weighted by atomic mass is 32.1. The zero-order chi connectivity index (χ0) is 14.7. The molecule has 2 heterocycles. The molecule has 1 amide bonds. The quantitative estimate of drug-likeness (QED) is 0.820. The number of nitrogens with one attached hydrogen (secondary N) is 1. The summed E-state index contributed by atoms with van der Waals surface area (Å²) in [5, 5.41) is 13.2. The maximum absolute atomic E-state index is 12.0. The third kappa shape index (κ3) is 3.14. The average molecular weight is 313 g/mol. The second-order valence-electron chi connectivity index (χ2n) is 3.90. The van der Waals surface area contributed by atoms with E-state index in [-0.39, 0.29) is 0 Å². The maximum atomic E-state index is 12.0. The van der Waals surface area contributed by atoms with Crippen molar-refractivity contribution >= 4 is 49.9 Å². The summed E-state index contributed by atoms with van der Waals surface area (Å²) >= 11 is 2.78. The first-order valence-corrected chi connectivity index (χ1v) is 7.28. The molecule has 2 rings (SSSR count). The van der Waals surface area contributed by atoms with E-state index >= 15 is 0 Å². The molecule has 8 heteroatoms. The Morgan fingerprint density at radius 3 is 2.75 bits per heavy atom. The van der Waals surface area contributed by atoms with Crippen molar-refractivity contribution in [1.82, 2.24) is 5.32 Å².